The van der Waals surface area contributed by atoms with Gasteiger partial charge in [-0.1, -0.05) is 6.92 Å². The van der Waals surface area contributed by atoms with E-state index in [4.69, 9.17) is 5.73 Å². The first-order valence-corrected chi connectivity index (χ1v) is 4.36. The number of alkyl halides is 6. The van der Waals surface area contributed by atoms with Crippen LogP contribution in [0, 0.1) is 11.8 Å². The van der Waals surface area contributed by atoms with Gasteiger partial charge in [0.05, 0.1) is 5.92 Å². The molecule has 0 saturated heterocycles. The van der Waals surface area contributed by atoms with Gasteiger partial charge >= 0.3 is 12.4 Å². The average molecular weight is 245 g/mol. The van der Waals surface area contributed by atoms with Crippen LogP contribution in [0.15, 0.2) is 23.4 Å². The zero-order valence-corrected chi connectivity index (χ0v) is 8.15. The zero-order chi connectivity index (χ0) is 12.7. The van der Waals surface area contributed by atoms with Crippen LogP contribution in [0.1, 0.15) is 6.92 Å². The molecule has 1 aliphatic carbocycles. The highest BCUT2D eigenvalue weighted by molar-refractivity contribution is 5.32. The van der Waals surface area contributed by atoms with Gasteiger partial charge in [0.25, 0.3) is 0 Å². The molecule has 0 saturated carbocycles. The molecule has 2 unspecified atom stereocenters. The molecule has 2 atom stereocenters. The van der Waals surface area contributed by atoms with Crippen molar-refractivity contribution in [1.82, 2.24) is 0 Å². The number of nitrogens with two attached hydrogens (primary N) is 1. The Kier molecular flexibility index (Phi) is 3.00. The second kappa shape index (κ2) is 3.71. The standard InChI is InChI=1S/C9H9F6N/c1-4-6(8(10,11)12)2-5(16)3-7(4)9(13,14)15/h2-4,6H,16H2,1H3. The molecule has 0 aromatic heterocycles. The summed E-state index contributed by atoms with van der Waals surface area (Å²) in [6.45, 7) is 0.889. The van der Waals surface area contributed by atoms with Gasteiger partial charge in [-0.05, 0) is 12.2 Å². The number of allylic oxidation sites excluding steroid dienone is 3. The quantitative estimate of drug-likeness (QED) is 0.652. The summed E-state index contributed by atoms with van der Waals surface area (Å²) in [5.74, 6) is -3.86. The normalized spacial score (nSPS) is 27.4. The second-order valence-corrected chi connectivity index (χ2v) is 3.62. The molecule has 0 fully saturated rings. The maximum absolute atomic E-state index is 12.4. The molecule has 92 valence electrons. The summed E-state index contributed by atoms with van der Waals surface area (Å²) in [5, 5.41) is 0. The Morgan fingerprint density at radius 2 is 1.62 bits per heavy atom. The van der Waals surface area contributed by atoms with Crippen molar-refractivity contribution >= 4 is 0 Å². The molecule has 0 aliphatic heterocycles. The third kappa shape index (κ3) is 2.51. The lowest BCUT2D eigenvalue weighted by Gasteiger charge is -2.30. The maximum Gasteiger partial charge on any atom is 0.413 e. The van der Waals surface area contributed by atoms with Crippen LogP contribution in [-0.2, 0) is 0 Å². The molecular weight excluding hydrogens is 236 g/mol. The summed E-state index contributed by atoms with van der Waals surface area (Å²) in [6, 6.07) is 0. The van der Waals surface area contributed by atoms with Gasteiger partial charge < -0.3 is 5.73 Å². The Morgan fingerprint density at radius 3 is 2.00 bits per heavy atom. The summed E-state index contributed by atoms with van der Waals surface area (Å²) in [5.41, 5.74) is 3.31. The van der Waals surface area contributed by atoms with Crippen LogP contribution in [-0.4, -0.2) is 12.4 Å². The molecule has 0 aromatic rings. The highest BCUT2D eigenvalue weighted by atomic mass is 19.4. The van der Waals surface area contributed by atoms with Gasteiger partial charge in [0.15, 0.2) is 0 Å². The molecule has 0 aromatic carbocycles. The van der Waals surface area contributed by atoms with E-state index in [1.54, 1.807) is 0 Å². The smallest absolute Gasteiger partial charge is 0.399 e. The molecule has 7 heteroatoms. The van der Waals surface area contributed by atoms with E-state index >= 15 is 0 Å². The van der Waals surface area contributed by atoms with Crippen LogP contribution in [0.2, 0.25) is 0 Å². The van der Waals surface area contributed by atoms with E-state index in [-0.39, 0.29) is 0 Å². The summed E-state index contributed by atoms with van der Waals surface area (Å²) in [7, 11) is 0. The molecule has 0 radical (unpaired) electrons. The summed E-state index contributed by atoms with van der Waals surface area (Å²) in [4.78, 5) is 0. The third-order valence-electron chi connectivity index (χ3n) is 2.43. The Labute approximate surface area is 87.6 Å². The van der Waals surface area contributed by atoms with Crippen molar-refractivity contribution in [2.24, 2.45) is 17.6 Å². The Bertz CT molecular complexity index is 335. The van der Waals surface area contributed by atoms with Crippen LogP contribution >= 0.6 is 0 Å². The van der Waals surface area contributed by atoms with Crippen molar-refractivity contribution in [1.29, 1.82) is 0 Å². The van der Waals surface area contributed by atoms with Gasteiger partial charge in [-0.2, -0.15) is 26.3 Å². The van der Waals surface area contributed by atoms with Crippen LogP contribution < -0.4 is 5.73 Å². The van der Waals surface area contributed by atoms with Crippen molar-refractivity contribution in [2.75, 3.05) is 0 Å². The minimum absolute atomic E-state index is 0.507. The molecule has 0 bridgehead atoms. The van der Waals surface area contributed by atoms with Crippen LogP contribution in [0.5, 0.6) is 0 Å². The SMILES string of the molecule is CC1C(C(F)(F)F)=CC(N)=CC1C(F)(F)F. The summed E-state index contributed by atoms with van der Waals surface area (Å²) < 4.78 is 74.5. The molecule has 1 rings (SSSR count). The minimum Gasteiger partial charge on any atom is -0.399 e. The van der Waals surface area contributed by atoms with Crippen molar-refractivity contribution in [3.05, 3.63) is 23.4 Å². The van der Waals surface area contributed by atoms with Gasteiger partial charge in [-0.25, -0.2) is 0 Å². The first-order valence-electron chi connectivity index (χ1n) is 4.36. The Hall–Kier alpha value is -1.14. The highest BCUT2D eigenvalue weighted by Gasteiger charge is 2.49. The zero-order valence-electron chi connectivity index (χ0n) is 8.15. The van der Waals surface area contributed by atoms with Crippen LogP contribution in [0.3, 0.4) is 0 Å². The fraction of sp³-hybridized carbons (Fsp3) is 0.556. The fourth-order valence-corrected chi connectivity index (χ4v) is 1.62. The van der Waals surface area contributed by atoms with Crippen LogP contribution in [0.25, 0.3) is 0 Å². The maximum atomic E-state index is 12.4. The van der Waals surface area contributed by atoms with E-state index in [0.717, 1.165) is 6.92 Å². The molecular formula is C9H9F6N. The molecule has 1 aliphatic rings. The molecule has 0 spiro atoms. The van der Waals surface area contributed by atoms with Gasteiger partial charge in [-0.3, -0.25) is 0 Å². The van der Waals surface area contributed by atoms with E-state index in [1.807, 2.05) is 0 Å². The predicted octanol–water partition coefficient (Wildman–Crippen LogP) is 3.15. The van der Waals surface area contributed by atoms with Gasteiger partial charge in [0.1, 0.15) is 0 Å². The van der Waals surface area contributed by atoms with Gasteiger partial charge in [0.2, 0.25) is 0 Å². The fourth-order valence-electron chi connectivity index (χ4n) is 1.62. The first kappa shape index (κ1) is 12.9. The number of hydrogen-bond acceptors (Lipinski definition) is 1. The van der Waals surface area contributed by atoms with Gasteiger partial charge in [-0.15, -0.1) is 0 Å². The lowest BCUT2D eigenvalue weighted by Crippen LogP contribution is -2.35. The minimum atomic E-state index is -4.79. The first-order chi connectivity index (χ1) is 7.03. The molecule has 0 amide bonds. The Morgan fingerprint density at radius 1 is 1.12 bits per heavy atom. The largest absolute Gasteiger partial charge is 0.413 e. The Balaban J connectivity index is 3.13. The molecule has 1 nitrogen and oxygen atoms in total. The van der Waals surface area contributed by atoms with E-state index in [0.29, 0.717) is 12.2 Å². The molecule has 2 N–H and O–H groups in total. The molecule has 0 heterocycles. The molecule has 16 heavy (non-hydrogen) atoms. The highest BCUT2D eigenvalue weighted by Crippen LogP contribution is 2.44. The van der Waals surface area contributed by atoms with Crippen LogP contribution in [0.4, 0.5) is 26.3 Å². The second-order valence-electron chi connectivity index (χ2n) is 3.62. The van der Waals surface area contributed by atoms with E-state index < -0.39 is 35.5 Å². The topological polar surface area (TPSA) is 26.0 Å². The number of hydrogen-bond donors (Lipinski definition) is 1. The van der Waals surface area contributed by atoms with Crippen molar-refractivity contribution in [2.45, 2.75) is 19.3 Å². The lowest BCUT2D eigenvalue weighted by atomic mass is 9.82. The lowest BCUT2D eigenvalue weighted by molar-refractivity contribution is -0.177. The summed E-state index contributed by atoms with van der Waals surface area (Å²) in [6.07, 6.45) is -8.36. The monoisotopic (exact) mass is 245 g/mol. The van der Waals surface area contributed by atoms with E-state index in [9.17, 15) is 26.3 Å². The predicted molar refractivity (Wildman–Crippen MR) is 45.1 cm³/mol. The number of rotatable bonds is 0. The third-order valence-corrected chi connectivity index (χ3v) is 2.43. The summed E-state index contributed by atoms with van der Waals surface area (Å²) >= 11 is 0. The van der Waals surface area contributed by atoms with Gasteiger partial charge in [0, 0.05) is 17.2 Å². The van der Waals surface area contributed by atoms with Crippen molar-refractivity contribution in [3.8, 4) is 0 Å². The van der Waals surface area contributed by atoms with Crippen molar-refractivity contribution in [3.63, 3.8) is 0 Å². The van der Waals surface area contributed by atoms with Crippen molar-refractivity contribution < 1.29 is 26.3 Å². The van der Waals surface area contributed by atoms with E-state index in [2.05, 4.69) is 0 Å². The van der Waals surface area contributed by atoms with E-state index in [1.165, 1.54) is 0 Å². The average Bonchev–Trinajstić information content (AvgIpc) is 2.04. The number of halogens is 6.